The molecule has 0 bridgehead atoms. The number of anilines is 1. The van der Waals surface area contributed by atoms with E-state index in [1.807, 2.05) is 6.92 Å². The lowest BCUT2D eigenvalue weighted by Gasteiger charge is -2.27. The maximum atomic E-state index is 12.6. The largest absolute Gasteiger partial charge is 0.341 e. The molecule has 0 spiro atoms. The van der Waals surface area contributed by atoms with Crippen molar-refractivity contribution in [2.24, 2.45) is 0 Å². The Bertz CT molecular complexity index is 540. The van der Waals surface area contributed by atoms with E-state index >= 15 is 0 Å². The number of piperidine rings is 1. The van der Waals surface area contributed by atoms with E-state index in [1.54, 1.807) is 23.1 Å². The lowest BCUT2D eigenvalue weighted by atomic mass is 10.1. The zero-order chi connectivity index (χ0) is 15.9. The third-order valence-electron chi connectivity index (χ3n) is 3.69. The summed E-state index contributed by atoms with van der Waals surface area (Å²) >= 11 is 0. The van der Waals surface area contributed by atoms with E-state index in [0.717, 1.165) is 31.6 Å². The molecule has 2 rings (SSSR count). The van der Waals surface area contributed by atoms with E-state index in [0.29, 0.717) is 24.7 Å². The average Bonchev–Trinajstić information content (AvgIpc) is 2.54. The quantitative estimate of drug-likeness (QED) is 0.758. The molecule has 0 radical (unpaired) electrons. The first-order chi connectivity index (χ1) is 10.7. The van der Waals surface area contributed by atoms with Crippen LogP contribution in [0.5, 0.6) is 0 Å². The van der Waals surface area contributed by atoms with Gasteiger partial charge in [0.2, 0.25) is 5.95 Å². The zero-order valence-corrected chi connectivity index (χ0v) is 13.3. The van der Waals surface area contributed by atoms with Gasteiger partial charge in [0.15, 0.2) is 0 Å². The Morgan fingerprint density at radius 2 is 1.86 bits per heavy atom. The van der Waals surface area contributed by atoms with Gasteiger partial charge in [-0.3, -0.25) is 4.79 Å². The van der Waals surface area contributed by atoms with Gasteiger partial charge in [-0.25, -0.2) is 9.97 Å². The first-order valence-electron chi connectivity index (χ1n) is 7.77. The molecule has 0 N–H and O–H groups in total. The lowest BCUT2D eigenvalue weighted by molar-refractivity contribution is 0.0785. The summed E-state index contributed by atoms with van der Waals surface area (Å²) in [5.41, 5.74) is 1.26. The summed E-state index contributed by atoms with van der Waals surface area (Å²) in [6.45, 7) is 12.2. The number of nitrogens with zero attached hydrogens (tertiary/aromatic N) is 4. The van der Waals surface area contributed by atoms with Gasteiger partial charge in [0, 0.05) is 31.9 Å². The summed E-state index contributed by atoms with van der Waals surface area (Å²) in [7, 11) is 0. The van der Waals surface area contributed by atoms with Crippen molar-refractivity contribution in [3.05, 3.63) is 42.8 Å². The van der Waals surface area contributed by atoms with Crippen LogP contribution in [0.4, 0.5) is 5.95 Å². The summed E-state index contributed by atoms with van der Waals surface area (Å²) in [6.07, 6.45) is 6.97. The Kier molecular flexibility index (Phi) is 5.69. The molecule has 2 heterocycles. The van der Waals surface area contributed by atoms with Gasteiger partial charge in [-0.05, 0) is 32.3 Å². The predicted molar refractivity (Wildman–Crippen MR) is 89.1 cm³/mol. The molecule has 1 aromatic heterocycles. The molecule has 1 amide bonds. The second-order valence-corrected chi connectivity index (χ2v) is 5.53. The molecule has 118 valence electrons. The SMILES string of the molecule is C=CCN(CC=C)C(=O)c1cc(C)nc(N2CCCCC2)n1. The summed E-state index contributed by atoms with van der Waals surface area (Å²) in [5.74, 6) is 0.559. The van der Waals surface area contributed by atoms with Crippen molar-refractivity contribution in [2.45, 2.75) is 26.2 Å². The third kappa shape index (κ3) is 3.93. The van der Waals surface area contributed by atoms with Crippen LogP contribution in [0.1, 0.15) is 35.4 Å². The highest BCUT2D eigenvalue weighted by atomic mass is 16.2. The number of amides is 1. The van der Waals surface area contributed by atoms with Gasteiger partial charge in [-0.1, -0.05) is 12.2 Å². The number of aryl methyl sites for hydroxylation is 1. The van der Waals surface area contributed by atoms with E-state index in [4.69, 9.17) is 0 Å². The van der Waals surface area contributed by atoms with Crippen LogP contribution in [0.15, 0.2) is 31.4 Å². The second-order valence-electron chi connectivity index (χ2n) is 5.53. The Labute approximate surface area is 132 Å². The predicted octanol–water partition coefficient (Wildman–Crippen LogP) is 2.59. The van der Waals surface area contributed by atoms with Gasteiger partial charge in [-0.2, -0.15) is 0 Å². The third-order valence-corrected chi connectivity index (χ3v) is 3.69. The summed E-state index contributed by atoms with van der Waals surface area (Å²) < 4.78 is 0. The Balaban J connectivity index is 2.25. The van der Waals surface area contributed by atoms with E-state index in [9.17, 15) is 4.79 Å². The topological polar surface area (TPSA) is 49.3 Å². The number of hydrogen-bond acceptors (Lipinski definition) is 4. The van der Waals surface area contributed by atoms with Crippen molar-refractivity contribution in [3.63, 3.8) is 0 Å². The van der Waals surface area contributed by atoms with Crippen LogP contribution >= 0.6 is 0 Å². The average molecular weight is 300 g/mol. The van der Waals surface area contributed by atoms with Crippen LogP contribution in [0, 0.1) is 6.92 Å². The zero-order valence-electron chi connectivity index (χ0n) is 13.3. The molecule has 1 fully saturated rings. The minimum absolute atomic E-state index is 0.108. The van der Waals surface area contributed by atoms with Gasteiger partial charge in [0.1, 0.15) is 5.69 Å². The van der Waals surface area contributed by atoms with Crippen LogP contribution in [-0.4, -0.2) is 47.0 Å². The Morgan fingerprint density at radius 3 is 2.45 bits per heavy atom. The van der Waals surface area contributed by atoms with Crippen LogP contribution in [0.2, 0.25) is 0 Å². The standard InChI is InChI=1S/C17H24N4O/c1-4-9-20(10-5-2)16(22)15-13-14(3)18-17(19-15)21-11-7-6-8-12-21/h4-5,13H,1-2,6-12H2,3H3. The normalized spacial score (nSPS) is 14.5. The summed E-state index contributed by atoms with van der Waals surface area (Å²) in [5, 5.41) is 0. The van der Waals surface area contributed by atoms with Crippen LogP contribution < -0.4 is 4.90 Å². The Hall–Kier alpha value is -2.17. The van der Waals surface area contributed by atoms with Gasteiger partial charge in [0.25, 0.3) is 5.91 Å². The van der Waals surface area contributed by atoms with Crippen molar-refractivity contribution in [2.75, 3.05) is 31.1 Å². The molecule has 0 atom stereocenters. The molecule has 0 aliphatic carbocycles. The van der Waals surface area contributed by atoms with Crippen molar-refractivity contribution < 1.29 is 4.79 Å². The van der Waals surface area contributed by atoms with Crippen LogP contribution in [0.25, 0.3) is 0 Å². The van der Waals surface area contributed by atoms with Gasteiger partial charge >= 0.3 is 0 Å². The minimum Gasteiger partial charge on any atom is -0.341 e. The van der Waals surface area contributed by atoms with Gasteiger partial charge < -0.3 is 9.80 Å². The number of carbonyl (C=O) groups is 1. The molecular weight excluding hydrogens is 276 g/mol. The van der Waals surface area contributed by atoms with E-state index in [-0.39, 0.29) is 5.91 Å². The molecule has 1 aliphatic heterocycles. The number of aromatic nitrogens is 2. The number of carbonyl (C=O) groups excluding carboxylic acids is 1. The highest BCUT2D eigenvalue weighted by molar-refractivity contribution is 5.92. The fraction of sp³-hybridized carbons (Fsp3) is 0.471. The smallest absolute Gasteiger partial charge is 0.273 e. The molecule has 5 nitrogen and oxygen atoms in total. The van der Waals surface area contributed by atoms with Gasteiger partial charge in [-0.15, -0.1) is 13.2 Å². The maximum absolute atomic E-state index is 12.6. The van der Waals surface area contributed by atoms with Crippen molar-refractivity contribution >= 4 is 11.9 Å². The van der Waals surface area contributed by atoms with Crippen molar-refractivity contribution in [3.8, 4) is 0 Å². The van der Waals surface area contributed by atoms with E-state index < -0.39 is 0 Å². The molecule has 1 aliphatic rings. The molecular formula is C17H24N4O. The molecule has 1 saturated heterocycles. The molecule has 1 aromatic rings. The van der Waals surface area contributed by atoms with Crippen LogP contribution in [-0.2, 0) is 0 Å². The second kappa shape index (κ2) is 7.73. The van der Waals surface area contributed by atoms with Crippen molar-refractivity contribution in [1.29, 1.82) is 0 Å². The van der Waals surface area contributed by atoms with Crippen molar-refractivity contribution in [1.82, 2.24) is 14.9 Å². The highest BCUT2D eigenvalue weighted by Gasteiger charge is 2.19. The fourth-order valence-corrected chi connectivity index (χ4v) is 2.61. The van der Waals surface area contributed by atoms with Gasteiger partial charge in [0.05, 0.1) is 0 Å². The summed E-state index contributed by atoms with van der Waals surface area (Å²) in [6, 6.07) is 1.74. The highest BCUT2D eigenvalue weighted by Crippen LogP contribution is 2.17. The fourth-order valence-electron chi connectivity index (χ4n) is 2.61. The first kappa shape index (κ1) is 16.2. The molecule has 5 heteroatoms. The molecule has 0 saturated carbocycles. The minimum atomic E-state index is -0.108. The molecule has 0 aromatic carbocycles. The van der Waals surface area contributed by atoms with Crippen LogP contribution in [0.3, 0.4) is 0 Å². The summed E-state index contributed by atoms with van der Waals surface area (Å²) in [4.78, 5) is 25.5. The van der Waals surface area contributed by atoms with E-state index in [2.05, 4.69) is 28.0 Å². The Morgan fingerprint density at radius 1 is 1.23 bits per heavy atom. The monoisotopic (exact) mass is 300 g/mol. The molecule has 0 unspecified atom stereocenters. The lowest BCUT2D eigenvalue weighted by Crippen LogP contribution is -2.34. The number of hydrogen-bond donors (Lipinski definition) is 0. The number of rotatable bonds is 6. The maximum Gasteiger partial charge on any atom is 0.273 e. The molecule has 22 heavy (non-hydrogen) atoms. The van der Waals surface area contributed by atoms with E-state index in [1.165, 1.54) is 6.42 Å². The first-order valence-corrected chi connectivity index (χ1v) is 7.77.